The van der Waals surface area contributed by atoms with Gasteiger partial charge in [0.25, 0.3) is 0 Å². The molecule has 12 aromatic rings. The van der Waals surface area contributed by atoms with E-state index in [0.717, 1.165) is 79.8 Å². The van der Waals surface area contributed by atoms with Gasteiger partial charge in [-0.15, -0.1) is 0 Å². The highest BCUT2D eigenvalue weighted by molar-refractivity contribution is 6.10. The number of benzene rings is 10. The first-order valence-electron chi connectivity index (χ1n) is 24.5. The van der Waals surface area contributed by atoms with Crippen molar-refractivity contribution in [1.82, 2.24) is 4.57 Å². The molecule has 0 amide bonds. The van der Waals surface area contributed by atoms with Crippen LogP contribution in [0, 0.1) is 6.92 Å². The second-order valence-electron chi connectivity index (χ2n) is 19.2. The number of nitrogens with zero attached hydrogens (tertiary/aromatic N) is 2. The third-order valence-electron chi connectivity index (χ3n) is 15.0. The van der Waals surface area contributed by atoms with Crippen LogP contribution in [0.15, 0.2) is 242 Å². The molecule has 1 aliphatic rings. The van der Waals surface area contributed by atoms with Gasteiger partial charge in [-0.3, -0.25) is 0 Å². The van der Waals surface area contributed by atoms with E-state index in [4.69, 9.17) is 4.42 Å². The molecule has 0 saturated carbocycles. The first-order chi connectivity index (χ1) is 35.0. The van der Waals surface area contributed by atoms with Gasteiger partial charge in [-0.05, 0) is 137 Å². The molecule has 2 heterocycles. The topological polar surface area (TPSA) is 21.3 Å². The van der Waals surface area contributed by atoms with Crippen LogP contribution in [-0.2, 0) is 18.3 Å². The van der Waals surface area contributed by atoms with Crippen molar-refractivity contribution in [3.63, 3.8) is 0 Å². The van der Waals surface area contributed by atoms with Gasteiger partial charge in [0, 0.05) is 55.3 Å². The molecule has 0 saturated heterocycles. The molecule has 0 radical (unpaired) electrons. The predicted molar refractivity (Wildman–Crippen MR) is 300 cm³/mol. The number of furan rings is 1. The summed E-state index contributed by atoms with van der Waals surface area (Å²) < 4.78 is 8.97. The number of aryl methyl sites for hydroxylation is 1. The van der Waals surface area contributed by atoms with E-state index in [1.54, 1.807) is 0 Å². The lowest BCUT2D eigenvalue weighted by Crippen LogP contribution is -2.31. The molecule has 338 valence electrons. The van der Waals surface area contributed by atoms with E-state index >= 15 is 0 Å². The molecule has 1 aliphatic carbocycles. The Bertz CT molecular complexity index is 3910. The SMILES string of the molecule is C=Cc1ccc(CC2(Cc3ccc(C=C)cc3)c3cc(N(c4ccc(C)cc4)c4ccc(-c5cccc6c5oc5ccccc56)cc4)ccc3-c3ccc(-n4c5ccccc5c5ccccc54)cc32)cc1. The van der Waals surface area contributed by atoms with Gasteiger partial charge in [-0.2, -0.15) is 0 Å². The number of hydrogen-bond acceptors (Lipinski definition) is 2. The first-order valence-corrected chi connectivity index (χ1v) is 24.5. The van der Waals surface area contributed by atoms with Gasteiger partial charge < -0.3 is 13.9 Å². The van der Waals surface area contributed by atoms with Gasteiger partial charge >= 0.3 is 0 Å². The minimum atomic E-state index is -0.463. The first kappa shape index (κ1) is 42.2. The van der Waals surface area contributed by atoms with Crippen LogP contribution in [0.1, 0.15) is 38.9 Å². The minimum Gasteiger partial charge on any atom is -0.455 e. The summed E-state index contributed by atoms with van der Waals surface area (Å²) in [6.07, 6.45) is 5.44. The molecule has 3 heteroatoms. The summed E-state index contributed by atoms with van der Waals surface area (Å²) in [6.45, 7) is 10.3. The van der Waals surface area contributed by atoms with E-state index in [9.17, 15) is 0 Å². The third-order valence-corrected chi connectivity index (χ3v) is 15.0. The molecule has 0 bridgehead atoms. The van der Waals surface area contributed by atoms with Crippen molar-refractivity contribution in [2.75, 3.05) is 4.90 Å². The molecule has 0 spiro atoms. The van der Waals surface area contributed by atoms with Crippen molar-refractivity contribution in [2.45, 2.75) is 25.2 Å². The lowest BCUT2D eigenvalue weighted by molar-refractivity contribution is 0.520. The summed E-state index contributed by atoms with van der Waals surface area (Å²) in [7, 11) is 0. The second-order valence-corrected chi connectivity index (χ2v) is 19.2. The normalized spacial score (nSPS) is 12.6. The number of fused-ring (bicyclic) bond motifs is 9. The fraction of sp³-hybridized carbons (Fsp3) is 0.0588. The summed E-state index contributed by atoms with van der Waals surface area (Å²) in [5.74, 6) is 0. The lowest BCUT2D eigenvalue weighted by Gasteiger charge is -2.34. The Morgan fingerprint density at radius 2 is 0.986 bits per heavy atom. The zero-order chi connectivity index (χ0) is 47.6. The number of rotatable bonds is 11. The largest absolute Gasteiger partial charge is 0.455 e. The molecule has 0 fully saturated rings. The highest BCUT2D eigenvalue weighted by atomic mass is 16.3. The summed E-state index contributed by atoms with van der Waals surface area (Å²) in [6, 6.07) is 82.7. The number of hydrogen-bond donors (Lipinski definition) is 0. The second kappa shape index (κ2) is 16.9. The Morgan fingerprint density at radius 1 is 0.465 bits per heavy atom. The van der Waals surface area contributed by atoms with Crippen molar-refractivity contribution >= 4 is 73.0 Å². The predicted octanol–water partition coefficient (Wildman–Crippen LogP) is 18.2. The quantitative estimate of drug-likeness (QED) is 0.129. The Balaban J connectivity index is 1.01. The van der Waals surface area contributed by atoms with Gasteiger partial charge in [0.1, 0.15) is 11.2 Å². The summed E-state index contributed by atoms with van der Waals surface area (Å²) in [5.41, 5.74) is 21.5. The van der Waals surface area contributed by atoms with Crippen molar-refractivity contribution in [3.05, 3.63) is 277 Å². The monoisotopic (exact) mass is 910 g/mol. The van der Waals surface area contributed by atoms with E-state index < -0.39 is 5.41 Å². The lowest BCUT2D eigenvalue weighted by atomic mass is 9.69. The Labute approximate surface area is 414 Å². The molecule has 2 aromatic heterocycles. The van der Waals surface area contributed by atoms with Crippen LogP contribution in [0.2, 0.25) is 0 Å². The van der Waals surface area contributed by atoms with Gasteiger partial charge in [0.15, 0.2) is 0 Å². The summed E-state index contributed by atoms with van der Waals surface area (Å²) >= 11 is 0. The van der Waals surface area contributed by atoms with Gasteiger partial charge in [-0.1, -0.05) is 189 Å². The molecular weight excluding hydrogens is 861 g/mol. The van der Waals surface area contributed by atoms with Crippen molar-refractivity contribution < 1.29 is 4.42 Å². The fourth-order valence-corrected chi connectivity index (χ4v) is 11.5. The maximum atomic E-state index is 6.51. The smallest absolute Gasteiger partial charge is 0.143 e. The summed E-state index contributed by atoms with van der Waals surface area (Å²) in [4.78, 5) is 2.42. The molecule has 10 aromatic carbocycles. The van der Waals surface area contributed by atoms with Crippen LogP contribution < -0.4 is 4.90 Å². The Hall–Kier alpha value is -8.92. The number of anilines is 3. The summed E-state index contributed by atoms with van der Waals surface area (Å²) in [5, 5.41) is 4.76. The maximum absolute atomic E-state index is 6.51. The van der Waals surface area contributed by atoms with Crippen molar-refractivity contribution in [1.29, 1.82) is 0 Å². The molecular formula is C68H50N2O. The highest BCUT2D eigenvalue weighted by Crippen LogP contribution is 2.55. The van der Waals surface area contributed by atoms with Crippen LogP contribution >= 0.6 is 0 Å². The van der Waals surface area contributed by atoms with Crippen LogP contribution in [0.25, 0.3) is 83.8 Å². The molecule has 0 N–H and O–H groups in total. The van der Waals surface area contributed by atoms with E-state index in [0.29, 0.717) is 0 Å². The Morgan fingerprint density at radius 3 is 1.61 bits per heavy atom. The van der Waals surface area contributed by atoms with Crippen LogP contribution in [0.3, 0.4) is 0 Å². The van der Waals surface area contributed by atoms with Gasteiger partial charge in [0.2, 0.25) is 0 Å². The van der Waals surface area contributed by atoms with Crippen LogP contribution in [-0.4, -0.2) is 4.57 Å². The van der Waals surface area contributed by atoms with Gasteiger partial charge in [-0.25, -0.2) is 0 Å². The molecule has 13 rings (SSSR count). The molecule has 71 heavy (non-hydrogen) atoms. The maximum Gasteiger partial charge on any atom is 0.143 e. The van der Waals surface area contributed by atoms with E-state index in [2.05, 4.69) is 242 Å². The standard InChI is InChI=1S/C68H50N2O/c1-4-46-23-27-48(28-24-46)43-68(44-49-29-25-47(5-2)26-30-49)62-41-53(37-39-56(62)57-40-38-54(42-63(57)68)70-64-18-9-6-13-58(64)59-14-7-10-19-65(59)70)69(51-33-21-45(3)22-34-51)52-35-31-50(32-36-52)55-16-12-17-61-60-15-8-11-20-66(60)71-67(55)61/h4-42H,1-2,43-44H2,3H3. The molecule has 3 nitrogen and oxygen atoms in total. The van der Waals surface area contributed by atoms with E-state index in [1.807, 2.05) is 24.3 Å². The zero-order valence-electron chi connectivity index (χ0n) is 39.6. The number of para-hydroxylation sites is 4. The molecule has 0 atom stereocenters. The van der Waals surface area contributed by atoms with Crippen LogP contribution in [0.4, 0.5) is 17.1 Å². The minimum absolute atomic E-state index is 0.463. The van der Waals surface area contributed by atoms with Crippen molar-refractivity contribution in [3.8, 4) is 27.9 Å². The fourth-order valence-electron chi connectivity index (χ4n) is 11.5. The number of aromatic nitrogens is 1. The molecule has 0 unspecified atom stereocenters. The van der Waals surface area contributed by atoms with Crippen LogP contribution in [0.5, 0.6) is 0 Å². The molecule has 0 aliphatic heterocycles. The zero-order valence-corrected chi connectivity index (χ0v) is 39.6. The van der Waals surface area contributed by atoms with Gasteiger partial charge in [0.05, 0.1) is 11.0 Å². The van der Waals surface area contributed by atoms with E-state index in [-0.39, 0.29) is 0 Å². The third kappa shape index (κ3) is 7.04. The van der Waals surface area contributed by atoms with E-state index in [1.165, 1.54) is 60.8 Å². The average Bonchev–Trinajstić information content (AvgIpc) is 4.06. The highest BCUT2D eigenvalue weighted by Gasteiger charge is 2.44. The van der Waals surface area contributed by atoms with Crippen molar-refractivity contribution in [2.24, 2.45) is 0 Å². The average molecular weight is 911 g/mol. The Kier molecular flexibility index (Phi) is 10.1.